The van der Waals surface area contributed by atoms with Crippen LogP contribution in [0.3, 0.4) is 0 Å². The number of nitrogens with zero attached hydrogens (tertiary/aromatic N) is 1. The Hall–Kier alpha value is -2.23. The topological polar surface area (TPSA) is 67.8 Å². The van der Waals surface area contributed by atoms with E-state index >= 15 is 0 Å². The van der Waals surface area contributed by atoms with Crippen molar-refractivity contribution in [3.05, 3.63) is 36.2 Å². The summed E-state index contributed by atoms with van der Waals surface area (Å²) in [6.45, 7) is 2.07. The number of oxazole rings is 1. The average Bonchev–Trinajstić information content (AvgIpc) is 2.84. The van der Waals surface area contributed by atoms with Crippen LogP contribution in [0.1, 0.15) is 5.56 Å². The minimum Gasteiger partial charge on any atom is -0.432 e. The van der Waals surface area contributed by atoms with Gasteiger partial charge in [-0.15, -0.1) is 0 Å². The molecular formula is C12H11N3O. The predicted octanol–water partition coefficient (Wildman–Crippen LogP) is 2.71. The van der Waals surface area contributed by atoms with E-state index in [9.17, 15) is 0 Å². The molecule has 0 saturated heterocycles. The monoisotopic (exact) mass is 213 g/mol. The zero-order chi connectivity index (χ0) is 11.1. The summed E-state index contributed by atoms with van der Waals surface area (Å²) in [4.78, 5) is 7.37. The van der Waals surface area contributed by atoms with Crippen LogP contribution in [0, 0.1) is 6.92 Å². The fourth-order valence-electron chi connectivity index (χ4n) is 1.93. The van der Waals surface area contributed by atoms with Crippen molar-refractivity contribution in [2.75, 3.05) is 5.73 Å². The molecule has 3 rings (SSSR count). The van der Waals surface area contributed by atoms with Crippen molar-refractivity contribution >= 4 is 16.9 Å². The van der Waals surface area contributed by atoms with Gasteiger partial charge in [-0.05, 0) is 12.5 Å². The van der Waals surface area contributed by atoms with Gasteiger partial charge in [0.1, 0.15) is 12.0 Å². The number of anilines is 1. The highest BCUT2D eigenvalue weighted by Crippen LogP contribution is 2.29. The van der Waals surface area contributed by atoms with Crippen LogP contribution in [0.4, 0.5) is 6.01 Å². The third kappa shape index (κ3) is 1.20. The third-order valence-electron chi connectivity index (χ3n) is 2.72. The number of aromatic amines is 1. The van der Waals surface area contributed by atoms with E-state index < -0.39 is 0 Å². The zero-order valence-electron chi connectivity index (χ0n) is 8.82. The molecule has 0 aliphatic heterocycles. The summed E-state index contributed by atoms with van der Waals surface area (Å²) >= 11 is 0. The van der Waals surface area contributed by atoms with Gasteiger partial charge < -0.3 is 15.1 Å². The molecular weight excluding hydrogens is 202 g/mol. The van der Waals surface area contributed by atoms with Crippen molar-refractivity contribution in [2.24, 2.45) is 0 Å². The molecule has 4 nitrogen and oxygen atoms in total. The van der Waals surface area contributed by atoms with Crippen molar-refractivity contribution in [2.45, 2.75) is 6.92 Å². The Morgan fingerprint density at radius 3 is 3.00 bits per heavy atom. The Kier molecular flexibility index (Phi) is 1.77. The lowest BCUT2D eigenvalue weighted by Crippen LogP contribution is -1.83. The van der Waals surface area contributed by atoms with E-state index in [0.717, 1.165) is 22.2 Å². The molecule has 0 bridgehead atoms. The number of nitrogen functional groups attached to an aromatic ring is 1. The van der Waals surface area contributed by atoms with Gasteiger partial charge in [0.2, 0.25) is 0 Å². The first-order chi connectivity index (χ1) is 7.75. The summed E-state index contributed by atoms with van der Waals surface area (Å²) in [5.74, 6) is 0. The Balaban J connectivity index is 2.29. The largest absolute Gasteiger partial charge is 0.432 e. The summed E-state index contributed by atoms with van der Waals surface area (Å²) in [5, 5.41) is 1.13. The molecule has 0 unspecified atom stereocenters. The Morgan fingerprint density at radius 1 is 1.38 bits per heavy atom. The van der Waals surface area contributed by atoms with Crippen LogP contribution in [0.2, 0.25) is 0 Å². The van der Waals surface area contributed by atoms with Crippen LogP contribution in [0.25, 0.3) is 22.2 Å². The highest BCUT2D eigenvalue weighted by Gasteiger charge is 2.10. The molecule has 0 amide bonds. The Bertz CT molecular complexity index is 651. The Labute approximate surface area is 92.1 Å². The van der Waals surface area contributed by atoms with Gasteiger partial charge in [0, 0.05) is 22.7 Å². The van der Waals surface area contributed by atoms with Gasteiger partial charge in [0.05, 0.1) is 0 Å². The van der Waals surface area contributed by atoms with Crippen molar-refractivity contribution < 1.29 is 4.42 Å². The summed E-state index contributed by atoms with van der Waals surface area (Å²) in [6, 6.07) is 6.34. The van der Waals surface area contributed by atoms with Crippen molar-refractivity contribution in [1.29, 1.82) is 0 Å². The molecule has 0 fully saturated rings. The maximum Gasteiger partial charge on any atom is 0.292 e. The van der Waals surface area contributed by atoms with E-state index in [2.05, 4.69) is 29.0 Å². The zero-order valence-corrected chi connectivity index (χ0v) is 8.82. The highest BCUT2D eigenvalue weighted by atomic mass is 16.4. The predicted molar refractivity (Wildman–Crippen MR) is 62.9 cm³/mol. The van der Waals surface area contributed by atoms with Crippen LogP contribution in [-0.2, 0) is 0 Å². The number of H-pyrrole nitrogens is 1. The summed E-state index contributed by atoms with van der Waals surface area (Å²) in [7, 11) is 0. The van der Waals surface area contributed by atoms with Crippen LogP contribution in [0.15, 0.2) is 35.1 Å². The molecule has 4 heteroatoms. The average molecular weight is 213 g/mol. The fraction of sp³-hybridized carbons (Fsp3) is 0.0833. The van der Waals surface area contributed by atoms with Crippen LogP contribution >= 0.6 is 0 Å². The fourth-order valence-corrected chi connectivity index (χ4v) is 1.93. The van der Waals surface area contributed by atoms with Gasteiger partial charge in [-0.2, -0.15) is 4.98 Å². The van der Waals surface area contributed by atoms with E-state index in [1.165, 1.54) is 5.56 Å². The van der Waals surface area contributed by atoms with Gasteiger partial charge in [0.25, 0.3) is 6.01 Å². The quantitative estimate of drug-likeness (QED) is 0.653. The summed E-state index contributed by atoms with van der Waals surface area (Å²) in [5.41, 5.74) is 9.58. The molecule has 0 radical (unpaired) electrons. The molecule has 80 valence electrons. The lowest BCUT2D eigenvalue weighted by Gasteiger charge is -1.96. The van der Waals surface area contributed by atoms with Gasteiger partial charge in [-0.1, -0.05) is 18.2 Å². The lowest BCUT2D eigenvalue weighted by molar-refractivity contribution is 0.581. The molecule has 0 aliphatic carbocycles. The van der Waals surface area contributed by atoms with Gasteiger partial charge in [-0.25, -0.2) is 0 Å². The van der Waals surface area contributed by atoms with Crippen molar-refractivity contribution in [3.8, 4) is 11.3 Å². The van der Waals surface area contributed by atoms with Gasteiger partial charge >= 0.3 is 0 Å². The number of rotatable bonds is 1. The second-order valence-corrected chi connectivity index (χ2v) is 3.77. The van der Waals surface area contributed by atoms with E-state index in [-0.39, 0.29) is 6.01 Å². The molecule has 3 N–H and O–H groups in total. The smallest absolute Gasteiger partial charge is 0.292 e. The number of fused-ring (bicyclic) bond motifs is 1. The number of benzene rings is 1. The van der Waals surface area contributed by atoms with E-state index in [1.807, 2.05) is 12.3 Å². The second kappa shape index (κ2) is 3.13. The molecule has 2 aromatic heterocycles. The van der Waals surface area contributed by atoms with E-state index in [1.54, 1.807) is 6.26 Å². The molecule has 3 aromatic rings. The molecule has 16 heavy (non-hydrogen) atoms. The van der Waals surface area contributed by atoms with Crippen LogP contribution < -0.4 is 5.73 Å². The number of nitrogens with one attached hydrogen (secondary N) is 1. The van der Waals surface area contributed by atoms with Gasteiger partial charge in [-0.3, -0.25) is 0 Å². The maximum absolute atomic E-state index is 5.47. The number of aromatic nitrogens is 2. The Morgan fingerprint density at radius 2 is 2.25 bits per heavy atom. The first kappa shape index (κ1) is 9.03. The standard InChI is InChI=1S/C12H11N3O/c1-7-3-2-4-8-9(5-14-11(7)8)10-6-16-12(13)15-10/h2-6,14H,1H3,(H2,13,15). The molecule has 0 saturated carbocycles. The van der Waals surface area contributed by atoms with Crippen molar-refractivity contribution in [3.63, 3.8) is 0 Å². The van der Waals surface area contributed by atoms with E-state index in [4.69, 9.17) is 10.2 Å². The molecule has 2 heterocycles. The second-order valence-electron chi connectivity index (χ2n) is 3.77. The minimum absolute atomic E-state index is 0.192. The number of para-hydroxylation sites is 1. The maximum atomic E-state index is 5.47. The normalized spacial score (nSPS) is 11.1. The van der Waals surface area contributed by atoms with Crippen molar-refractivity contribution in [1.82, 2.24) is 9.97 Å². The first-order valence-corrected chi connectivity index (χ1v) is 5.04. The van der Waals surface area contributed by atoms with Gasteiger partial charge in [0.15, 0.2) is 0 Å². The highest BCUT2D eigenvalue weighted by molar-refractivity contribution is 5.96. The molecule has 0 spiro atoms. The summed E-state index contributed by atoms with van der Waals surface area (Å²) < 4.78 is 5.02. The molecule has 0 atom stereocenters. The SMILES string of the molecule is Cc1cccc2c(-c3coc(N)n3)c[nH]c12. The number of hydrogen-bond acceptors (Lipinski definition) is 3. The minimum atomic E-state index is 0.192. The molecule has 1 aromatic carbocycles. The lowest BCUT2D eigenvalue weighted by atomic mass is 10.1. The molecule has 0 aliphatic rings. The number of hydrogen-bond donors (Lipinski definition) is 2. The third-order valence-corrected chi connectivity index (χ3v) is 2.72. The van der Waals surface area contributed by atoms with Crippen LogP contribution in [0.5, 0.6) is 0 Å². The first-order valence-electron chi connectivity index (χ1n) is 5.04. The number of nitrogens with two attached hydrogens (primary N) is 1. The van der Waals surface area contributed by atoms with E-state index in [0.29, 0.717) is 0 Å². The van der Waals surface area contributed by atoms with Crippen LogP contribution in [-0.4, -0.2) is 9.97 Å². The number of aryl methyl sites for hydroxylation is 1. The summed E-state index contributed by atoms with van der Waals surface area (Å²) in [6.07, 6.45) is 3.50.